The van der Waals surface area contributed by atoms with Gasteiger partial charge in [0.25, 0.3) is 0 Å². The van der Waals surface area contributed by atoms with Crippen LogP contribution >= 0.6 is 23.2 Å². The Kier molecular flexibility index (Phi) is 4.88. The fourth-order valence-corrected chi connectivity index (χ4v) is 3.18. The summed E-state index contributed by atoms with van der Waals surface area (Å²) in [6.45, 7) is 5.84. The number of rotatable bonds is 4. The third kappa shape index (κ3) is 3.50. The molecule has 1 heterocycles. The number of hydrogen-bond acceptors (Lipinski definition) is 2. The molecule has 0 spiro atoms. The van der Waals surface area contributed by atoms with E-state index in [1.54, 1.807) is 18.2 Å². The van der Waals surface area contributed by atoms with Gasteiger partial charge in [-0.1, -0.05) is 37.0 Å². The van der Waals surface area contributed by atoms with Crippen LogP contribution < -0.4 is 0 Å². The van der Waals surface area contributed by atoms with Crippen molar-refractivity contribution in [3.63, 3.8) is 0 Å². The first kappa shape index (κ1) is 14.8. The molecule has 1 fully saturated rings. The minimum atomic E-state index is 0.0556. The minimum absolute atomic E-state index is 0.0556. The van der Waals surface area contributed by atoms with E-state index in [4.69, 9.17) is 23.2 Å². The van der Waals surface area contributed by atoms with Crippen LogP contribution in [-0.4, -0.2) is 29.8 Å². The van der Waals surface area contributed by atoms with Crippen LogP contribution in [-0.2, 0) is 0 Å². The third-order valence-electron chi connectivity index (χ3n) is 3.76. The molecule has 1 aliphatic heterocycles. The van der Waals surface area contributed by atoms with Crippen molar-refractivity contribution in [1.29, 1.82) is 0 Å². The number of benzene rings is 1. The molecule has 0 aliphatic carbocycles. The van der Waals surface area contributed by atoms with E-state index in [1.807, 2.05) is 0 Å². The molecule has 1 saturated heterocycles. The first-order valence-corrected chi connectivity index (χ1v) is 7.47. The van der Waals surface area contributed by atoms with Crippen molar-refractivity contribution in [2.45, 2.75) is 32.7 Å². The summed E-state index contributed by atoms with van der Waals surface area (Å²) in [5.74, 6) is 0.630. The lowest BCUT2D eigenvalue weighted by molar-refractivity contribution is 0.0904. The first-order chi connectivity index (χ1) is 8.99. The smallest absolute Gasteiger partial charge is 0.178 e. The van der Waals surface area contributed by atoms with Crippen molar-refractivity contribution in [2.75, 3.05) is 13.1 Å². The molecule has 0 aromatic heterocycles. The molecule has 0 amide bonds. The predicted molar refractivity (Wildman–Crippen MR) is 80.2 cm³/mol. The van der Waals surface area contributed by atoms with Crippen molar-refractivity contribution < 1.29 is 4.79 Å². The average molecular weight is 300 g/mol. The molecule has 4 heteroatoms. The van der Waals surface area contributed by atoms with Gasteiger partial charge in [-0.3, -0.25) is 9.69 Å². The second kappa shape index (κ2) is 6.25. The molecule has 2 rings (SSSR count). The lowest BCUT2D eigenvalue weighted by atomic mass is 10.0. The van der Waals surface area contributed by atoms with Crippen LogP contribution in [0.3, 0.4) is 0 Å². The lowest BCUT2D eigenvalue weighted by Crippen LogP contribution is -2.37. The fourth-order valence-electron chi connectivity index (χ4n) is 2.78. The van der Waals surface area contributed by atoms with Crippen molar-refractivity contribution >= 4 is 29.0 Å². The van der Waals surface area contributed by atoms with E-state index in [0.717, 1.165) is 6.54 Å². The summed E-state index contributed by atoms with van der Waals surface area (Å²) in [5.41, 5.74) is 0.531. The summed E-state index contributed by atoms with van der Waals surface area (Å²) < 4.78 is 0. The molecule has 1 aliphatic rings. The number of carbonyl (C=O) groups excluding carboxylic acids is 1. The Morgan fingerprint density at radius 1 is 1.42 bits per heavy atom. The molecular weight excluding hydrogens is 281 g/mol. The van der Waals surface area contributed by atoms with Crippen LogP contribution in [0.25, 0.3) is 0 Å². The molecule has 0 radical (unpaired) electrons. The van der Waals surface area contributed by atoms with Crippen LogP contribution in [0.5, 0.6) is 0 Å². The molecule has 1 aromatic carbocycles. The zero-order valence-electron chi connectivity index (χ0n) is 11.3. The number of hydrogen-bond donors (Lipinski definition) is 0. The second-order valence-electron chi connectivity index (χ2n) is 5.47. The molecule has 0 N–H and O–H groups in total. The van der Waals surface area contributed by atoms with E-state index in [-0.39, 0.29) is 5.78 Å². The molecule has 1 unspecified atom stereocenters. The van der Waals surface area contributed by atoms with Gasteiger partial charge in [0.1, 0.15) is 0 Å². The number of carbonyl (C=O) groups is 1. The number of ketones is 1. The van der Waals surface area contributed by atoms with E-state index in [9.17, 15) is 4.79 Å². The number of Topliss-reactive ketones (excluding diaryl/α,β-unsaturated/α-hetero) is 1. The highest BCUT2D eigenvalue weighted by Crippen LogP contribution is 2.26. The third-order valence-corrected chi connectivity index (χ3v) is 4.32. The van der Waals surface area contributed by atoms with Crippen LogP contribution in [0.1, 0.15) is 37.0 Å². The maximum Gasteiger partial charge on any atom is 0.178 e. The van der Waals surface area contributed by atoms with Gasteiger partial charge in [-0.15, -0.1) is 0 Å². The van der Waals surface area contributed by atoms with Crippen molar-refractivity contribution in [3.8, 4) is 0 Å². The maximum atomic E-state index is 12.4. The van der Waals surface area contributed by atoms with Crippen molar-refractivity contribution in [1.82, 2.24) is 4.90 Å². The van der Waals surface area contributed by atoms with Gasteiger partial charge in [0, 0.05) is 16.6 Å². The molecule has 0 saturated carbocycles. The van der Waals surface area contributed by atoms with Crippen molar-refractivity contribution in [2.24, 2.45) is 5.92 Å². The standard InChI is InChI=1S/C15H19Cl2NO/c1-10(2)14-4-3-7-18(14)9-15(19)12-8-11(16)5-6-13(12)17/h5-6,8,10,14H,3-4,7,9H2,1-2H3. The van der Waals surface area contributed by atoms with Crippen LogP contribution in [0.15, 0.2) is 18.2 Å². The molecular formula is C15H19Cl2NO. The quantitative estimate of drug-likeness (QED) is 0.773. The van der Waals surface area contributed by atoms with Gasteiger partial charge in [0.15, 0.2) is 5.78 Å². The lowest BCUT2D eigenvalue weighted by Gasteiger charge is -2.26. The number of halogens is 2. The Morgan fingerprint density at radius 3 is 2.84 bits per heavy atom. The largest absolute Gasteiger partial charge is 0.293 e. The van der Waals surface area contributed by atoms with E-state index >= 15 is 0 Å². The Bertz CT molecular complexity index is 473. The Morgan fingerprint density at radius 2 is 2.16 bits per heavy atom. The topological polar surface area (TPSA) is 20.3 Å². The number of nitrogens with zero attached hydrogens (tertiary/aromatic N) is 1. The maximum absolute atomic E-state index is 12.4. The van der Waals surface area contributed by atoms with Gasteiger partial charge < -0.3 is 0 Å². The summed E-state index contributed by atoms with van der Waals surface area (Å²) in [7, 11) is 0. The van der Waals surface area contributed by atoms with Gasteiger partial charge in [0.05, 0.1) is 11.6 Å². The van der Waals surface area contributed by atoms with E-state index in [1.165, 1.54) is 12.8 Å². The van der Waals surface area contributed by atoms with Gasteiger partial charge in [-0.25, -0.2) is 0 Å². The molecule has 19 heavy (non-hydrogen) atoms. The highest BCUT2D eigenvalue weighted by atomic mass is 35.5. The summed E-state index contributed by atoms with van der Waals surface area (Å²) in [6.07, 6.45) is 2.34. The van der Waals surface area contributed by atoms with Crippen LogP contribution in [0, 0.1) is 5.92 Å². The zero-order valence-corrected chi connectivity index (χ0v) is 12.8. The average Bonchev–Trinajstić information content (AvgIpc) is 2.80. The van der Waals surface area contributed by atoms with Gasteiger partial charge in [0.2, 0.25) is 0 Å². The molecule has 1 atom stereocenters. The number of likely N-dealkylation sites (tertiary alicyclic amines) is 1. The highest BCUT2D eigenvalue weighted by molar-refractivity contribution is 6.36. The minimum Gasteiger partial charge on any atom is -0.293 e. The van der Waals surface area contributed by atoms with E-state index in [2.05, 4.69) is 18.7 Å². The van der Waals surface area contributed by atoms with Gasteiger partial charge >= 0.3 is 0 Å². The Hall–Kier alpha value is -0.570. The van der Waals surface area contributed by atoms with Gasteiger partial charge in [-0.05, 0) is 43.5 Å². The predicted octanol–water partition coefficient (Wildman–Crippen LogP) is 4.30. The van der Waals surface area contributed by atoms with Gasteiger partial charge in [-0.2, -0.15) is 0 Å². The molecule has 0 bridgehead atoms. The summed E-state index contributed by atoms with van der Waals surface area (Å²) >= 11 is 12.0. The normalized spacial score (nSPS) is 20.2. The first-order valence-electron chi connectivity index (χ1n) is 6.71. The van der Waals surface area contributed by atoms with E-state index < -0.39 is 0 Å². The van der Waals surface area contributed by atoms with E-state index in [0.29, 0.717) is 34.1 Å². The molecule has 1 aromatic rings. The Balaban J connectivity index is 2.10. The summed E-state index contributed by atoms with van der Waals surface area (Å²) in [6, 6.07) is 5.54. The Labute approximate surface area is 124 Å². The van der Waals surface area contributed by atoms with Crippen molar-refractivity contribution in [3.05, 3.63) is 33.8 Å². The summed E-state index contributed by atoms with van der Waals surface area (Å²) in [5, 5.41) is 1.03. The SMILES string of the molecule is CC(C)C1CCCN1CC(=O)c1cc(Cl)ccc1Cl. The van der Waals surface area contributed by atoms with Crippen LogP contribution in [0.4, 0.5) is 0 Å². The molecule has 2 nitrogen and oxygen atoms in total. The summed E-state index contributed by atoms with van der Waals surface area (Å²) in [4.78, 5) is 14.6. The zero-order chi connectivity index (χ0) is 14.0. The van der Waals surface area contributed by atoms with Crippen LogP contribution in [0.2, 0.25) is 10.0 Å². The fraction of sp³-hybridized carbons (Fsp3) is 0.533. The highest BCUT2D eigenvalue weighted by Gasteiger charge is 2.29. The monoisotopic (exact) mass is 299 g/mol. The molecule has 104 valence electrons. The second-order valence-corrected chi connectivity index (χ2v) is 6.32.